The molecule has 0 radical (unpaired) electrons. The van der Waals surface area contributed by atoms with Crippen molar-refractivity contribution in [1.29, 1.82) is 0 Å². The maximum absolute atomic E-state index is 4.12. The van der Waals surface area contributed by atoms with E-state index in [2.05, 4.69) is 72.3 Å². The molecular formula is C25H30N2. The summed E-state index contributed by atoms with van der Waals surface area (Å²) in [5.74, 6) is 0. The Balaban J connectivity index is 2.06. The first kappa shape index (κ1) is 19.2. The summed E-state index contributed by atoms with van der Waals surface area (Å²) in [7, 11) is 0. The van der Waals surface area contributed by atoms with E-state index in [-0.39, 0.29) is 0 Å². The zero-order chi connectivity index (χ0) is 18.9. The van der Waals surface area contributed by atoms with E-state index in [1.165, 1.54) is 53.3 Å². The molecule has 0 N–H and O–H groups in total. The van der Waals surface area contributed by atoms with Gasteiger partial charge >= 0.3 is 0 Å². The third kappa shape index (κ3) is 4.97. The highest BCUT2D eigenvalue weighted by molar-refractivity contribution is 5.98. The molecule has 3 rings (SSSR count). The molecule has 1 heterocycles. The van der Waals surface area contributed by atoms with E-state index in [0.717, 1.165) is 13.1 Å². The molecule has 0 atom stereocenters. The number of nitrogens with zero attached hydrogens (tertiary/aromatic N) is 2. The molecule has 1 aromatic heterocycles. The van der Waals surface area contributed by atoms with Gasteiger partial charge in [-0.25, -0.2) is 0 Å². The van der Waals surface area contributed by atoms with Gasteiger partial charge in [-0.05, 0) is 47.4 Å². The summed E-state index contributed by atoms with van der Waals surface area (Å²) in [6, 6.07) is 17.4. The molecule has 3 aromatic rings. The molecule has 27 heavy (non-hydrogen) atoms. The minimum absolute atomic E-state index is 1.12. The first-order valence-electron chi connectivity index (χ1n) is 10.2. The minimum Gasteiger partial charge on any atom is -0.371 e. The molecule has 2 heteroatoms. The van der Waals surface area contributed by atoms with Crippen LogP contribution in [0, 0.1) is 0 Å². The second-order valence-corrected chi connectivity index (χ2v) is 7.03. The number of pyridine rings is 1. The lowest BCUT2D eigenvalue weighted by Gasteiger charge is -2.27. The predicted octanol–water partition coefficient (Wildman–Crippen LogP) is 6.81. The van der Waals surface area contributed by atoms with Crippen LogP contribution in [-0.2, 0) is 0 Å². The second-order valence-electron chi connectivity index (χ2n) is 7.03. The number of unbranched alkanes of at least 4 members (excludes halogenated alkanes) is 2. The lowest BCUT2D eigenvalue weighted by molar-refractivity contribution is 0.678. The van der Waals surface area contributed by atoms with E-state index in [9.17, 15) is 0 Å². The number of benzene rings is 2. The molecule has 0 unspecified atom stereocenters. The number of fused-ring (bicyclic) bond motifs is 1. The molecule has 140 valence electrons. The smallest absolute Gasteiger partial charge is 0.0446 e. The van der Waals surface area contributed by atoms with Crippen molar-refractivity contribution >= 4 is 28.6 Å². The van der Waals surface area contributed by atoms with Crippen molar-refractivity contribution in [3.8, 4) is 0 Å². The van der Waals surface area contributed by atoms with Crippen LogP contribution in [0.3, 0.4) is 0 Å². The minimum atomic E-state index is 1.12. The van der Waals surface area contributed by atoms with Crippen molar-refractivity contribution in [2.75, 3.05) is 18.0 Å². The largest absolute Gasteiger partial charge is 0.371 e. The standard InChI is InChI=1S/C25H30N2/c1-3-5-19-27(20-6-4-2)25-14-12-22-9-7-8-10-23(22)24(25)13-11-21-15-17-26-18-16-21/h7-18H,3-6,19-20H2,1-2H3/b13-11+. The molecule has 0 aliphatic rings. The van der Waals surface area contributed by atoms with Gasteiger partial charge < -0.3 is 4.90 Å². The molecular weight excluding hydrogens is 328 g/mol. The Hall–Kier alpha value is -2.61. The first-order chi connectivity index (χ1) is 13.3. The van der Waals surface area contributed by atoms with E-state index in [4.69, 9.17) is 0 Å². The average molecular weight is 359 g/mol. The number of hydrogen-bond acceptors (Lipinski definition) is 2. The van der Waals surface area contributed by atoms with Gasteiger partial charge in [-0.1, -0.05) is 69.2 Å². The highest BCUT2D eigenvalue weighted by atomic mass is 15.1. The molecule has 0 amide bonds. The van der Waals surface area contributed by atoms with Gasteiger partial charge in [0, 0.05) is 36.7 Å². The fraction of sp³-hybridized carbons (Fsp3) is 0.320. The van der Waals surface area contributed by atoms with E-state index in [0.29, 0.717) is 0 Å². The Morgan fingerprint density at radius 1 is 0.815 bits per heavy atom. The monoisotopic (exact) mass is 358 g/mol. The summed E-state index contributed by atoms with van der Waals surface area (Å²) >= 11 is 0. The summed E-state index contributed by atoms with van der Waals surface area (Å²) < 4.78 is 0. The van der Waals surface area contributed by atoms with Crippen LogP contribution in [0.1, 0.15) is 50.7 Å². The van der Waals surface area contributed by atoms with Crippen LogP contribution in [0.4, 0.5) is 5.69 Å². The normalized spacial score (nSPS) is 11.3. The van der Waals surface area contributed by atoms with Gasteiger partial charge in [0.25, 0.3) is 0 Å². The van der Waals surface area contributed by atoms with Gasteiger partial charge in [0.05, 0.1) is 0 Å². The average Bonchev–Trinajstić information content (AvgIpc) is 2.73. The second kappa shape index (κ2) is 9.91. The summed E-state index contributed by atoms with van der Waals surface area (Å²) in [4.78, 5) is 6.70. The fourth-order valence-corrected chi connectivity index (χ4v) is 3.44. The highest BCUT2D eigenvalue weighted by Gasteiger charge is 2.12. The van der Waals surface area contributed by atoms with Crippen LogP contribution in [-0.4, -0.2) is 18.1 Å². The van der Waals surface area contributed by atoms with Crippen LogP contribution in [0.15, 0.2) is 60.9 Å². The number of aromatic nitrogens is 1. The number of rotatable bonds is 9. The van der Waals surface area contributed by atoms with Gasteiger partial charge in [0.15, 0.2) is 0 Å². The quantitative estimate of drug-likeness (QED) is 0.417. The van der Waals surface area contributed by atoms with Crippen molar-refractivity contribution in [3.05, 3.63) is 72.1 Å². The molecule has 0 bridgehead atoms. The van der Waals surface area contributed by atoms with E-state index < -0.39 is 0 Å². The lowest BCUT2D eigenvalue weighted by Crippen LogP contribution is -2.26. The zero-order valence-corrected chi connectivity index (χ0v) is 16.6. The van der Waals surface area contributed by atoms with Crippen molar-refractivity contribution in [2.45, 2.75) is 39.5 Å². The van der Waals surface area contributed by atoms with Crippen LogP contribution >= 0.6 is 0 Å². The van der Waals surface area contributed by atoms with E-state index >= 15 is 0 Å². The van der Waals surface area contributed by atoms with Crippen LogP contribution < -0.4 is 4.90 Å². The number of anilines is 1. The fourth-order valence-electron chi connectivity index (χ4n) is 3.44. The van der Waals surface area contributed by atoms with Gasteiger partial charge in [-0.2, -0.15) is 0 Å². The molecule has 0 fully saturated rings. The Morgan fingerprint density at radius 2 is 1.52 bits per heavy atom. The summed E-state index contributed by atoms with van der Waals surface area (Å²) in [5, 5.41) is 2.61. The van der Waals surface area contributed by atoms with Crippen molar-refractivity contribution in [1.82, 2.24) is 4.98 Å². The molecule has 0 saturated carbocycles. The molecule has 0 aliphatic heterocycles. The Kier molecular flexibility index (Phi) is 7.04. The molecule has 2 aromatic carbocycles. The predicted molar refractivity (Wildman–Crippen MR) is 119 cm³/mol. The lowest BCUT2D eigenvalue weighted by atomic mass is 10.00. The Bertz CT molecular complexity index is 860. The number of hydrogen-bond donors (Lipinski definition) is 0. The molecule has 0 spiro atoms. The third-order valence-electron chi connectivity index (χ3n) is 5.00. The first-order valence-corrected chi connectivity index (χ1v) is 10.2. The van der Waals surface area contributed by atoms with Crippen LogP contribution in [0.5, 0.6) is 0 Å². The third-order valence-corrected chi connectivity index (χ3v) is 5.00. The van der Waals surface area contributed by atoms with Gasteiger partial charge in [-0.3, -0.25) is 4.98 Å². The maximum atomic E-state index is 4.12. The Morgan fingerprint density at radius 3 is 2.22 bits per heavy atom. The van der Waals surface area contributed by atoms with Gasteiger partial charge in [-0.15, -0.1) is 0 Å². The summed E-state index contributed by atoms with van der Waals surface area (Å²) in [5.41, 5.74) is 3.84. The van der Waals surface area contributed by atoms with Crippen molar-refractivity contribution < 1.29 is 0 Å². The van der Waals surface area contributed by atoms with Crippen molar-refractivity contribution in [3.63, 3.8) is 0 Å². The van der Waals surface area contributed by atoms with E-state index in [1.54, 1.807) is 0 Å². The zero-order valence-electron chi connectivity index (χ0n) is 16.6. The topological polar surface area (TPSA) is 16.1 Å². The molecule has 2 nitrogen and oxygen atoms in total. The summed E-state index contributed by atoms with van der Waals surface area (Å²) in [6.45, 7) is 6.77. The van der Waals surface area contributed by atoms with E-state index in [1.807, 2.05) is 24.5 Å². The maximum Gasteiger partial charge on any atom is 0.0446 e. The Labute approximate surface area is 163 Å². The van der Waals surface area contributed by atoms with Gasteiger partial charge in [0.2, 0.25) is 0 Å². The molecule has 0 saturated heterocycles. The highest BCUT2D eigenvalue weighted by Crippen LogP contribution is 2.31. The van der Waals surface area contributed by atoms with Crippen molar-refractivity contribution in [2.24, 2.45) is 0 Å². The SMILES string of the molecule is CCCCN(CCCC)c1ccc2ccccc2c1/C=C/c1ccncc1. The van der Waals surface area contributed by atoms with Gasteiger partial charge in [0.1, 0.15) is 0 Å². The van der Waals surface area contributed by atoms with Crippen LogP contribution in [0.2, 0.25) is 0 Å². The van der Waals surface area contributed by atoms with Crippen LogP contribution in [0.25, 0.3) is 22.9 Å². The summed E-state index contributed by atoms with van der Waals surface area (Å²) in [6.07, 6.45) is 13.1. The molecule has 0 aliphatic carbocycles.